The molecule has 0 aromatic rings. The van der Waals surface area contributed by atoms with E-state index in [9.17, 15) is 0 Å². The number of hydrogen-bond donors (Lipinski definition) is 2. The van der Waals surface area contributed by atoms with Gasteiger partial charge < -0.3 is 10.4 Å². The van der Waals surface area contributed by atoms with E-state index >= 15 is 0 Å². The normalized spacial score (nSPS) is 16.0. The van der Waals surface area contributed by atoms with Gasteiger partial charge in [-0.15, -0.1) is 0 Å². The first kappa shape index (κ1) is 11.9. The molecule has 0 radical (unpaired) electrons. The number of aliphatic hydroxyl groups excluding tert-OH is 1. The second kappa shape index (κ2) is 7.56. The second-order valence-corrected chi connectivity index (χ2v) is 3.74. The molecule has 2 heteroatoms. The van der Waals surface area contributed by atoms with E-state index in [4.69, 9.17) is 5.11 Å². The molecule has 12 heavy (non-hydrogen) atoms. The highest BCUT2D eigenvalue weighted by Crippen LogP contribution is 2.05. The third-order valence-corrected chi connectivity index (χ3v) is 2.14. The van der Waals surface area contributed by atoms with E-state index in [-0.39, 0.29) is 12.6 Å². The Bertz CT molecular complexity index is 95.8. The lowest BCUT2D eigenvalue weighted by molar-refractivity contribution is 0.246. The molecule has 0 saturated carbocycles. The summed E-state index contributed by atoms with van der Waals surface area (Å²) in [7, 11) is 0. The van der Waals surface area contributed by atoms with Crippen molar-refractivity contribution >= 4 is 0 Å². The number of nitrogens with one attached hydrogen (secondary N) is 1. The molecule has 0 bridgehead atoms. The average Bonchev–Trinajstić information content (AvgIpc) is 2.10. The Labute approximate surface area is 76.4 Å². The molecule has 2 unspecified atom stereocenters. The van der Waals surface area contributed by atoms with Crippen LogP contribution in [0.4, 0.5) is 0 Å². The number of unbranched alkanes of at least 4 members (excludes halogenated alkanes) is 1. The molecular weight excluding hydrogens is 150 g/mol. The summed E-state index contributed by atoms with van der Waals surface area (Å²) in [4.78, 5) is 0. The van der Waals surface area contributed by atoms with Crippen molar-refractivity contribution in [2.24, 2.45) is 5.92 Å². The molecular formula is C10H23NO. The maximum atomic E-state index is 8.76. The Morgan fingerprint density at radius 1 is 1.33 bits per heavy atom. The van der Waals surface area contributed by atoms with Crippen LogP contribution in [0.25, 0.3) is 0 Å². The maximum Gasteiger partial charge on any atom is 0.0581 e. The van der Waals surface area contributed by atoms with Gasteiger partial charge in [-0.25, -0.2) is 0 Å². The first-order chi connectivity index (χ1) is 5.70. The van der Waals surface area contributed by atoms with Gasteiger partial charge in [0.15, 0.2) is 0 Å². The summed E-state index contributed by atoms with van der Waals surface area (Å²) >= 11 is 0. The van der Waals surface area contributed by atoms with Crippen molar-refractivity contribution in [3.05, 3.63) is 0 Å². The highest BCUT2D eigenvalue weighted by Gasteiger charge is 2.03. The van der Waals surface area contributed by atoms with Crippen molar-refractivity contribution < 1.29 is 5.11 Å². The van der Waals surface area contributed by atoms with Crippen LogP contribution in [0.5, 0.6) is 0 Å². The quantitative estimate of drug-likeness (QED) is 0.615. The summed E-state index contributed by atoms with van der Waals surface area (Å²) < 4.78 is 0. The van der Waals surface area contributed by atoms with Gasteiger partial charge >= 0.3 is 0 Å². The molecule has 0 aromatic carbocycles. The second-order valence-electron chi connectivity index (χ2n) is 3.74. The lowest BCUT2D eigenvalue weighted by atomic mass is 10.0. The Balaban J connectivity index is 3.24. The van der Waals surface area contributed by atoms with E-state index in [2.05, 4.69) is 19.2 Å². The van der Waals surface area contributed by atoms with Crippen molar-refractivity contribution in [1.29, 1.82) is 0 Å². The molecule has 2 N–H and O–H groups in total. The van der Waals surface area contributed by atoms with Gasteiger partial charge in [0.25, 0.3) is 0 Å². The van der Waals surface area contributed by atoms with E-state index in [1.165, 1.54) is 19.3 Å². The Hall–Kier alpha value is -0.0800. The van der Waals surface area contributed by atoms with Gasteiger partial charge in [-0.3, -0.25) is 0 Å². The molecule has 0 aliphatic heterocycles. The maximum absolute atomic E-state index is 8.76. The SMILES string of the molecule is CCCCC(C)CNC(C)CO. The largest absolute Gasteiger partial charge is 0.395 e. The van der Waals surface area contributed by atoms with E-state index in [1.54, 1.807) is 0 Å². The van der Waals surface area contributed by atoms with Crippen molar-refractivity contribution in [3.8, 4) is 0 Å². The summed E-state index contributed by atoms with van der Waals surface area (Å²) in [5, 5.41) is 12.1. The van der Waals surface area contributed by atoms with Crippen LogP contribution in [0.15, 0.2) is 0 Å². The molecule has 0 aliphatic rings. The third-order valence-electron chi connectivity index (χ3n) is 2.14. The zero-order chi connectivity index (χ0) is 9.40. The van der Waals surface area contributed by atoms with Crippen LogP contribution in [0.2, 0.25) is 0 Å². The third kappa shape index (κ3) is 6.62. The van der Waals surface area contributed by atoms with Crippen LogP contribution in [-0.2, 0) is 0 Å². The minimum absolute atomic E-state index is 0.237. The summed E-state index contributed by atoms with van der Waals surface area (Å²) in [6.07, 6.45) is 3.89. The number of rotatable bonds is 7. The monoisotopic (exact) mass is 173 g/mol. The van der Waals surface area contributed by atoms with Crippen LogP contribution in [0.3, 0.4) is 0 Å². The fourth-order valence-electron chi connectivity index (χ4n) is 1.12. The van der Waals surface area contributed by atoms with E-state index < -0.39 is 0 Å². The number of aliphatic hydroxyl groups is 1. The lowest BCUT2D eigenvalue weighted by Crippen LogP contribution is -2.32. The summed E-state index contributed by atoms with van der Waals surface area (Å²) in [6.45, 7) is 7.75. The van der Waals surface area contributed by atoms with E-state index in [1.807, 2.05) is 6.92 Å². The fraction of sp³-hybridized carbons (Fsp3) is 1.00. The Kier molecular flexibility index (Phi) is 7.51. The summed E-state index contributed by atoms with van der Waals surface area (Å²) in [6, 6.07) is 0.245. The molecule has 0 fully saturated rings. The summed E-state index contributed by atoms with van der Waals surface area (Å²) in [5.74, 6) is 0.735. The van der Waals surface area contributed by atoms with Gasteiger partial charge in [0.2, 0.25) is 0 Å². The Morgan fingerprint density at radius 2 is 2.00 bits per heavy atom. The molecule has 0 heterocycles. The zero-order valence-corrected chi connectivity index (χ0v) is 8.64. The summed E-state index contributed by atoms with van der Waals surface area (Å²) in [5.41, 5.74) is 0. The van der Waals surface area contributed by atoms with Gasteiger partial charge in [-0.05, 0) is 25.8 Å². The topological polar surface area (TPSA) is 32.3 Å². The van der Waals surface area contributed by atoms with Crippen molar-refractivity contribution in [2.45, 2.75) is 46.1 Å². The molecule has 0 amide bonds. The van der Waals surface area contributed by atoms with Gasteiger partial charge in [-0.2, -0.15) is 0 Å². The standard InChI is InChI=1S/C10H23NO/c1-4-5-6-9(2)7-11-10(3)8-12/h9-12H,4-8H2,1-3H3. The average molecular weight is 173 g/mol. The fourth-order valence-corrected chi connectivity index (χ4v) is 1.12. The van der Waals surface area contributed by atoms with Crippen molar-refractivity contribution in [2.75, 3.05) is 13.2 Å². The number of hydrogen-bond acceptors (Lipinski definition) is 2. The molecule has 0 saturated heterocycles. The van der Waals surface area contributed by atoms with Crippen LogP contribution in [-0.4, -0.2) is 24.3 Å². The van der Waals surface area contributed by atoms with Crippen LogP contribution in [0.1, 0.15) is 40.0 Å². The van der Waals surface area contributed by atoms with Gasteiger partial charge in [0.05, 0.1) is 6.61 Å². The molecule has 0 aliphatic carbocycles. The molecule has 2 nitrogen and oxygen atoms in total. The molecule has 74 valence electrons. The molecule has 0 spiro atoms. The van der Waals surface area contributed by atoms with E-state index in [0.717, 1.165) is 12.5 Å². The minimum Gasteiger partial charge on any atom is -0.395 e. The van der Waals surface area contributed by atoms with Crippen molar-refractivity contribution in [3.63, 3.8) is 0 Å². The van der Waals surface area contributed by atoms with Crippen molar-refractivity contribution in [1.82, 2.24) is 5.32 Å². The molecule has 0 rings (SSSR count). The van der Waals surface area contributed by atoms with Gasteiger partial charge in [0.1, 0.15) is 0 Å². The highest BCUT2D eigenvalue weighted by molar-refractivity contribution is 4.62. The predicted octanol–water partition coefficient (Wildman–Crippen LogP) is 1.78. The lowest BCUT2D eigenvalue weighted by Gasteiger charge is -2.15. The first-order valence-corrected chi connectivity index (χ1v) is 5.05. The van der Waals surface area contributed by atoms with Gasteiger partial charge in [-0.1, -0.05) is 26.7 Å². The smallest absolute Gasteiger partial charge is 0.0581 e. The first-order valence-electron chi connectivity index (χ1n) is 5.05. The Morgan fingerprint density at radius 3 is 2.50 bits per heavy atom. The van der Waals surface area contributed by atoms with Gasteiger partial charge in [0, 0.05) is 6.04 Å². The van der Waals surface area contributed by atoms with Crippen LogP contribution in [0, 0.1) is 5.92 Å². The predicted molar refractivity (Wildman–Crippen MR) is 53.2 cm³/mol. The highest BCUT2D eigenvalue weighted by atomic mass is 16.3. The molecule has 0 aromatic heterocycles. The van der Waals surface area contributed by atoms with Crippen LogP contribution < -0.4 is 5.32 Å². The minimum atomic E-state index is 0.237. The van der Waals surface area contributed by atoms with E-state index in [0.29, 0.717) is 0 Å². The van der Waals surface area contributed by atoms with Crippen LogP contribution >= 0.6 is 0 Å². The molecule has 2 atom stereocenters. The zero-order valence-electron chi connectivity index (χ0n) is 8.64.